The van der Waals surface area contributed by atoms with Crippen molar-refractivity contribution in [3.8, 4) is 0 Å². The Morgan fingerprint density at radius 1 is 1.33 bits per heavy atom. The molecule has 0 bridgehead atoms. The molecule has 0 saturated carbocycles. The van der Waals surface area contributed by atoms with Gasteiger partial charge in [-0.2, -0.15) is 0 Å². The van der Waals surface area contributed by atoms with Crippen LogP contribution in [-0.2, 0) is 16.1 Å². The number of hydrogen-bond acceptors (Lipinski definition) is 3. The molecule has 1 aromatic carbocycles. The average molecular weight is 289 g/mol. The van der Waals surface area contributed by atoms with Gasteiger partial charge in [0, 0.05) is 37.7 Å². The molecule has 2 rings (SSSR count). The van der Waals surface area contributed by atoms with Gasteiger partial charge in [0.2, 0.25) is 11.8 Å². The van der Waals surface area contributed by atoms with Gasteiger partial charge in [0.25, 0.3) is 0 Å². The molecule has 0 aromatic heterocycles. The van der Waals surface area contributed by atoms with Crippen LogP contribution in [0, 0.1) is 5.92 Å². The van der Waals surface area contributed by atoms with Crippen molar-refractivity contribution in [3.63, 3.8) is 0 Å². The summed E-state index contributed by atoms with van der Waals surface area (Å²) >= 11 is 0. The van der Waals surface area contributed by atoms with Crippen LogP contribution in [0.3, 0.4) is 0 Å². The number of anilines is 1. The van der Waals surface area contributed by atoms with Gasteiger partial charge in [-0.05, 0) is 31.2 Å². The van der Waals surface area contributed by atoms with E-state index >= 15 is 0 Å². The van der Waals surface area contributed by atoms with Gasteiger partial charge in [-0.1, -0.05) is 19.1 Å². The van der Waals surface area contributed by atoms with E-state index in [-0.39, 0.29) is 17.7 Å². The zero-order chi connectivity index (χ0) is 15.2. The summed E-state index contributed by atoms with van der Waals surface area (Å²) in [4.78, 5) is 25.4. The van der Waals surface area contributed by atoms with E-state index in [0.29, 0.717) is 19.5 Å². The lowest BCUT2D eigenvalue weighted by atomic mass is 10.1. The number of hydrogen-bond donors (Lipinski definition) is 2. The summed E-state index contributed by atoms with van der Waals surface area (Å²) in [6, 6.07) is 7.70. The predicted octanol–water partition coefficient (Wildman–Crippen LogP) is 1.60. The third-order valence-corrected chi connectivity index (χ3v) is 3.72. The minimum Gasteiger partial charge on any atom is -0.338 e. The van der Waals surface area contributed by atoms with Crippen LogP contribution in [0.1, 0.15) is 25.3 Å². The second-order valence-corrected chi connectivity index (χ2v) is 5.56. The standard InChI is InChI=1S/C16H23N3O2/c1-12(10-17-2)16(21)18-14-7-5-13(6-8-14)11-19-9-3-4-15(19)20/h5-8,12,17H,3-4,9-11H2,1-2H3,(H,18,21). The Morgan fingerprint density at radius 2 is 2.05 bits per heavy atom. The van der Waals surface area contributed by atoms with Crippen LogP contribution in [0.5, 0.6) is 0 Å². The molecule has 1 aliphatic heterocycles. The first-order valence-corrected chi connectivity index (χ1v) is 7.42. The van der Waals surface area contributed by atoms with Crippen LogP contribution in [0.25, 0.3) is 0 Å². The Labute approximate surface area is 125 Å². The molecule has 1 unspecified atom stereocenters. The van der Waals surface area contributed by atoms with Crippen molar-refractivity contribution in [2.75, 3.05) is 25.5 Å². The summed E-state index contributed by atoms with van der Waals surface area (Å²) in [5.74, 6) is 0.164. The predicted molar refractivity (Wildman–Crippen MR) is 82.8 cm³/mol. The highest BCUT2D eigenvalue weighted by Crippen LogP contribution is 2.16. The van der Waals surface area contributed by atoms with Crippen molar-refractivity contribution >= 4 is 17.5 Å². The lowest BCUT2D eigenvalue weighted by Crippen LogP contribution is -2.28. The highest BCUT2D eigenvalue weighted by atomic mass is 16.2. The molecule has 5 heteroatoms. The number of likely N-dealkylation sites (tertiary alicyclic amines) is 1. The van der Waals surface area contributed by atoms with Crippen molar-refractivity contribution in [3.05, 3.63) is 29.8 Å². The van der Waals surface area contributed by atoms with Gasteiger partial charge in [0.1, 0.15) is 0 Å². The Balaban J connectivity index is 1.89. The molecule has 114 valence electrons. The maximum absolute atomic E-state index is 11.9. The molecule has 21 heavy (non-hydrogen) atoms. The zero-order valence-corrected chi connectivity index (χ0v) is 12.7. The van der Waals surface area contributed by atoms with Crippen LogP contribution in [0.15, 0.2) is 24.3 Å². The van der Waals surface area contributed by atoms with Crippen LogP contribution in [0.2, 0.25) is 0 Å². The minimum atomic E-state index is -0.0723. The van der Waals surface area contributed by atoms with Gasteiger partial charge in [-0.3, -0.25) is 9.59 Å². The number of benzene rings is 1. The molecular formula is C16H23N3O2. The molecule has 2 amide bonds. The van der Waals surface area contributed by atoms with Crippen LogP contribution in [0.4, 0.5) is 5.69 Å². The fraction of sp³-hybridized carbons (Fsp3) is 0.500. The summed E-state index contributed by atoms with van der Waals surface area (Å²) < 4.78 is 0. The molecule has 1 fully saturated rings. The smallest absolute Gasteiger partial charge is 0.228 e. The molecule has 1 saturated heterocycles. The van der Waals surface area contributed by atoms with Gasteiger partial charge in [-0.15, -0.1) is 0 Å². The first-order valence-electron chi connectivity index (χ1n) is 7.42. The number of carbonyl (C=O) groups is 2. The maximum atomic E-state index is 11.9. The zero-order valence-electron chi connectivity index (χ0n) is 12.7. The Kier molecular flexibility index (Phi) is 5.33. The molecular weight excluding hydrogens is 266 g/mol. The van der Waals surface area contributed by atoms with E-state index in [1.807, 2.05) is 43.1 Å². The van der Waals surface area contributed by atoms with Gasteiger partial charge >= 0.3 is 0 Å². The number of nitrogens with zero attached hydrogens (tertiary/aromatic N) is 1. The average Bonchev–Trinajstić information content (AvgIpc) is 2.86. The minimum absolute atomic E-state index is 0.00632. The van der Waals surface area contributed by atoms with Crippen LogP contribution >= 0.6 is 0 Å². The van der Waals surface area contributed by atoms with Gasteiger partial charge < -0.3 is 15.5 Å². The summed E-state index contributed by atoms with van der Waals surface area (Å²) in [5, 5.41) is 5.89. The molecule has 1 atom stereocenters. The molecule has 0 spiro atoms. The fourth-order valence-corrected chi connectivity index (χ4v) is 2.45. The van der Waals surface area contributed by atoms with Crippen LogP contribution in [-0.4, -0.2) is 36.9 Å². The first kappa shape index (κ1) is 15.5. The lowest BCUT2D eigenvalue weighted by molar-refractivity contribution is -0.128. The quantitative estimate of drug-likeness (QED) is 0.836. The largest absolute Gasteiger partial charge is 0.338 e. The molecule has 1 aliphatic rings. The molecule has 1 aromatic rings. The Bertz CT molecular complexity index is 499. The van der Waals surface area contributed by atoms with Gasteiger partial charge in [0.05, 0.1) is 0 Å². The van der Waals surface area contributed by atoms with Crippen molar-refractivity contribution < 1.29 is 9.59 Å². The normalized spacial score (nSPS) is 16.1. The highest BCUT2D eigenvalue weighted by Gasteiger charge is 2.19. The molecule has 0 aliphatic carbocycles. The lowest BCUT2D eigenvalue weighted by Gasteiger charge is -2.16. The number of carbonyl (C=O) groups excluding carboxylic acids is 2. The monoisotopic (exact) mass is 289 g/mol. The van der Waals surface area contributed by atoms with Gasteiger partial charge in [-0.25, -0.2) is 0 Å². The summed E-state index contributed by atoms with van der Waals surface area (Å²) in [6.45, 7) is 4.04. The molecule has 5 nitrogen and oxygen atoms in total. The third kappa shape index (κ3) is 4.29. The summed E-state index contributed by atoms with van der Waals surface area (Å²) in [5.41, 5.74) is 1.88. The second kappa shape index (κ2) is 7.22. The second-order valence-electron chi connectivity index (χ2n) is 5.56. The number of rotatable bonds is 6. The van der Waals surface area contributed by atoms with E-state index in [2.05, 4.69) is 10.6 Å². The van der Waals surface area contributed by atoms with E-state index in [1.165, 1.54) is 0 Å². The fourth-order valence-electron chi connectivity index (χ4n) is 2.45. The van der Waals surface area contributed by atoms with Crippen molar-refractivity contribution in [1.29, 1.82) is 0 Å². The topological polar surface area (TPSA) is 61.4 Å². The number of nitrogens with one attached hydrogen (secondary N) is 2. The molecule has 2 N–H and O–H groups in total. The van der Waals surface area contributed by atoms with E-state index in [1.54, 1.807) is 0 Å². The van der Waals surface area contributed by atoms with E-state index in [9.17, 15) is 9.59 Å². The van der Waals surface area contributed by atoms with Crippen molar-refractivity contribution in [2.24, 2.45) is 5.92 Å². The first-order chi connectivity index (χ1) is 10.1. The van der Waals surface area contributed by atoms with E-state index in [0.717, 1.165) is 24.2 Å². The highest BCUT2D eigenvalue weighted by molar-refractivity contribution is 5.92. The molecule has 1 heterocycles. The van der Waals surface area contributed by atoms with E-state index in [4.69, 9.17) is 0 Å². The van der Waals surface area contributed by atoms with Crippen molar-refractivity contribution in [1.82, 2.24) is 10.2 Å². The third-order valence-electron chi connectivity index (χ3n) is 3.72. The van der Waals surface area contributed by atoms with Crippen molar-refractivity contribution in [2.45, 2.75) is 26.3 Å². The maximum Gasteiger partial charge on any atom is 0.228 e. The summed E-state index contributed by atoms with van der Waals surface area (Å²) in [7, 11) is 1.83. The SMILES string of the molecule is CNCC(C)C(=O)Nc1ccc(CN2CCCC2=O)cc1. The van der Waals surface area contributed by atoms with Crippen LogP contribution < -0.4 is 10.6 Å². The Hall–Kier alpha value is -1.88. The van der Waals surface area contributed by atoms with Gasteiger partial charge in [0.15, 0.2) is 0 Å². The number of amides is 2. The Morgan fingerprint density at radius 3 is 2.62 bits per heavy atom. The van der Waals surface area contributed by atoms with E-state index < -0.39 is 0 Å². The molecule has 0 radical (unpaired) electrons. The summed E-state index contributed by atoms with van der Waals surface area (Å²) in [6.07, 6.45) is 1.62.